The summed E-state index contributed by atoms with van der Waals surface area (Å²) in [4.78, 5) is 11.7. The van der Waals surface area contributed by atoms with Gasteiger partial charge in [0.05, 0.1) is 14.2 Å². The van der Waals surface area contributed by atoms with Crippen molar-refractivity contribution < 1.29 is 19.2 Å². The average molecular weight is 283 g/mol. The molecule has 4 N–H and O–H groups in total. The van der Waals surface area contributed by atoms with Crippen LogP contribution in [0.2, 0.25) is 5.02 Å². The summed E-state index contributed by atoms with van der Waals surface area (Å²) in [6.07, 6.45) is 1.49. The number of carbonyl (C=O) groups excluding carboxylic acids is 1. The van der Waals surface area contributed by atoms with Gasteiger partial charge in [0.2, 0.25) is 0 Å². The van der Waals surface area contributed by atoms with E-state index < -0.39 is 0 Å². The summed E-state index contributed by atoms with van der Waals surface area (Å²) in [7, 11) is 3.06. The molecule has 1 heterocycles. The largest absolute Gasteiger partial charge is 0.504 e. The number of nitrogens with two attached hydrogens (primary N) is 1. The van der Waals surface area contributed by atoms with Gasteiger partial charge in [0, 0.05) is 16.7 Å². The van der Waals surface area contributed by atoms with Gasteiger partial charge < -0.3 is 9.84 Å². The van der Waals surface area contributed by atoms with Crippen LogP contribution < -0.4 is 15.8 Å². The number of nitrogens with one attached hydrogen (secondary N) is 1. The van der Waals surface area contributed by atoms with Gasteiger partial charge in [-0.1, -0.05) is 11.6 Å². The molecule has 0 unspecified atom stereocenters. The number of benzene rings is 1. The first kappa shape index (κ1) is 13.2. The highest BCUT2D eigenvalue weighted by atomic mass is 35.5. The summed E-state index contributed by atoms with van der Waals surface area (Å²) in [5.74, 6) is 0.0199. The van der Waals surface area contributed by atoms with E-state index in [1.165, 1.54) is 29.9 Å². The summed E-state index contributed by atoms with van der Waals surface area (Å²) >= 11 is 5.92. The fraction of sp³-hybridized carbons (Fsp3) is 0.167. The van der Waals surface area contributed by atoms with Crippen LogP contribution in [0.1, 0.15) is 5.56 Å². The Labute approximate surface area is 114 Å². The van der Waals surface area contributed by atoms with E-state index in [0.717, 1.165) is 0 Å². The molecule has 0 saturated carbocycles. The van der Waals surface area contributed by atoms with Gasteiger partial charge in [0.15, 0.2) is 17.2 Å². The minimum atomic E-state index is -0.349. The zero-order chi connectivity index (χ0) is 14.2. The third-order valence-electron chi connectivity index (χ3n) is 2.78. The average Bonchev–Trinajstić information content (AvgIpc) is 2.60. The van der Waals surface area contributed by atoms with E-state index >= 15 is 0 Å². The van der Waals surface area contributed by atoms with Gasteiger partial charge in [0.25, 0.3) is 0 Å². The first-order chi connectivity index (χ1) is 8.93. The monoisotopic (exact) mass is 282 g/mol. The Morgan fingerprint density at radius 2 is 2.21 bits per heavy atom. The predicted molar refractivity (Wildman–Crippen MR) is 71.2 cm³/mol. The fourth-order valence-corrected chi connectivity index (χ4v) is 1.93. The van der Waals surface area contributed by atoms with Crippen molar-refractivity contribution in [2.24, 2.45) is 5.73 Å². The quantitative estimate of drug-likeness (QED) is 0.544. The van der Waals surface area contributed by atoms with Crippen molar-refractivity contribution in [3.05, 3.63) is 28.4 Å². The lowest BCUT2D eigenvalue weighted by Crippen LogP contribution is -2.32. The van der Waals surface area contributed by atoms with Crippen molar-refractivity contribution in [3.8, 4) is 11.5 Å². The van der Waals surface area contributed by atoms with Crippen LogP contribution in [0.25, 0.3) is 6.08 Å². The van der Waals surface area contributed by atoms with Crippen molar-refractivity contribution in [2.45, 2.75) is 0 Å². The molecule has 0 fully saturated rings. The molecular formula is C12H13ClN3O3+. The van der Waals surface area contributed by atoms with Gasteiger partial charge in [-0.3, -0.25) is 5.73 Å². The number of halogens is 1. The molecule has 2 rings (SSSR count). The number of phenols is 1. The van der Waals surface area contributed by atoms with Crippen molar-refractivity contribution >= 4 is 29.5 Å². The van der Waals surface area contributed by atoms with Gasteiger partial charge in [-0.15, -0.1) is 0 Å². The highest BCUT2D eigenvalue weighted by molar-refractivity contribution is 6.31. The number of hydrogen-bond acceptors (Lipinski definition) is 4. The Kier molecular flexibility index (Phi) is 3.35. The third kappa shape index (κ3) is 2.34. The van der Waals surface area contributed by atoms with Crippen LogP contribution in [-0.4, -0.2) is 35.7 Å². The number of likely N-dealkylation sites (N-methyl/N-ethyl adjacent to an activating group) is 1. The van der Waals surface area contributed by atoms with E-state index in [9.17, 15) is 9.90 Å². The maximum Gasteiger partial charge on any atom is 0.356 e. The Morgan fingerprint density at radius 1 is 1.53 bits per heavy atom. The Bertz CT molecular complexity index is 623. The van der Waals surface area contributed by atoms with Crippen LogP contribution in [0, 0.1) is 0 Å². The molecule has 0 saturated heterocycles. The Hall–Kier alpha value is -2.21. The summed E-state index contributed by atoms with van der Waals surface area (Å²) in [6, 6.07) is 3.01. The minimum absolute atomic E-state index is 0.0916. The molecule has 6 nitrogen and oxygen atoms in total. The van der Waals surface area contributed by atoms with E-state index in [-0.39, 0.29) is 23.4 Å². The normalized spacial score (nSPS) is 17.0. The van der Waals surface area contributed by atoms with E-state index in [2.05, 4.69) is 5.32 Å². The SMILES string of the molecule is COc1cc(Cl)cc(/C=C2/C(=O)NC(N)=[N+]2C)c1O. The predicted octanol–water partition coefficient (Wildman–Crippen LogP) is 0.482. The van der Waals surface area contributed by atoms with Gasteiger partial charge in [-0.25, -0.2) is 14.7 Å². The standard InChI is InChI=1S/C12H12ClN3O3/c1-16-8(11(18)15-12(16)14)4-6-3-7(13)5-9(19-2)10(6)17/h3-5H,1-2H3,(H3,14,15,17,18)/p+1. The van der Waals surface area contributed by atoms with Crippen LogP contribution in [0.15, 0.2) is 17.8 Å². The topological polar surface area (TPSA) is 87.6 Å². The molecule has 0 aliphatic carbocycles. The lowest BCUT2D eigenvalue weighted by Gasteiger charge is -2.07. The number of amides is 1. The number of nitrogens with zero attached hydrogens (tertiary/aromatic N) is 1. The van der Waals surface area contributed by atoms with Crippen molar-refractivity contribution in [1.82, 2.24) is 5.32 Å². The second kappa shape index (κ2) is 4.81. The molecule has 1 aliphatic rings. The number of ether oxygens (including phenoxy) is 1. The van der Waals surface area contributed by atoms with Crippen molar-refractivity contribution in [1.29, 1.82) is 0 Å². The molecule has 0 bridgehead atoms. The van der Waals surface area contributed by atoms with Crippen LogP contribution in [0.3, 0.4) is 0 Å². The molecule has 1 amide bonds. The number of hydrogen-bond donors (Lipinski definition) is 3. The number of guanidine groups is 1. The molecule has 1 aromatic rings. The number of rotatable bonds is 2. The zero-order valence-corrected chi connectivity index (χ0v) is 11.2. The maximum atomic E-state index is 11.7. The number of methoxy groups -OCH3 is 1. The molecule has 19 heavy (non-hydrogen) atoms. The second-order valence-corrected chi connectivity index (χ2v) is 4.41. The number of aromatic hydroxyl groups is 1. The highest BCUT2D eigenvalue weighted by Gasteiger charge is 2.29. The van der Waals surface area contributed by atoms with E-state index in [1.54, 1.807) is 7.05 Å². The number of carbonyl (C=O) groups is 1. The lowest BCUT2D eigenvalue weighted by molar-refractivity contribution is -0.432. The van der Waals surface area contributed by atoms with Crippen LogP contribution in [0.4, 0.5) is 0 Å². The van der Waals surface area contributed by atoms with E-state index in [0.29, 0.717) is 16.3 Å². The molecule has 1 aromatic carbocycles. The van der Waals surface area contributed by atoms with Gasteiger partial charge in [0.1, 0.15) is 0 Å². The highest BCUT2D eigenvalue weighted by Crippen LogP contribution is 2.34. The first-order valence-corrected chi connectivity index (χ1v) is 5.77. The first-order valence-electron chi connectivity index (χ1n) is 5.39. The second-order valence-electron chi connectivity index (χ2n) is 3.97. The third-order valence-corrected chi connectivity index (χ3v) is 3.00. The number of phenolic OH excluding ortho intramolecular Hbond substituents is 1. The fourth-order valence-electron chi connectivity index (χ4n) is 1.72. The molecule has 1 aliphatic heterocycles. The molecule has 100 valence electrons. The van der Waals surface area contributed by atoms with E-state index in [4.69, 9.17) is 22.1 Å². The van der Waals surface area contributed by atoms with Crippen LogP contribution in [0.5, 0.6) is 11.5 Å². The van der Waals surface area contributed by atoms with Crippen molar-refractivity contribution in [3.63, 3.8) is 0 Å². The van der Waals surface area contributed by atoms with Crippen LogP contribution >= 0.6 is 11.6 Å². The Morgan fingerprint density at radius 3 is 2.74 bits per heavy atom. The van der Waals surface area contributed by atoms with Gasteiger partial charge in [-0.05, 0) is 12.1 Å². The smallest absolute Gasteiger partial charge is 0.356 e. The summed E-state index contributed by atoms with van der Waals surface area (Å²) in [6.45, 7) is 0. The summed E-state index contributed by atoms with van der Waals surface area (Å²) in [5.41, 5.74) is 6.27. The van der Waals surface area contributed by atoms with Crippen LogP contribution in [-0.2, 0) is 4.79 Å². The maximum absolute atomic E-state index is 11.7. The zero-order valence-electron chi connectivity index (χ0n) is 10.4. The lowest BCUT2D eigenvalue weighted by atomic mass is 10.1. The molecule has 0 atom stereocenters. The van der Waals surface area contributed by atoms with Gasteiger partial charge >= 0.3 is 11.9 Å². The Balaban J connectivity index is 2.55. The van der Waals surface area contributed by atoms with E-state index in [1.807, 2.05) is 0 Å². The minimum Gasteiger partial charge on any atom is -0.504 e. The summed E-state index contributed by atoms with van der Waals surface area (Å²) < 4.78 is 6.48. The molecular weight excluding hydrogens is 270 g/mol. The molecule has 0 spiro atoms. The summed E-state index contributed by atoms with van der Waals surface area (Å²) in [5, 5.41) is 12.9. The van der Waals surface area contributed by atoms with Crippen molar-refractivity contribution in [2.75, 3.05) is 14.2 Å². The molecule has 0 aromatic heterocycles. The molecule has 7 heteroatoms. The van der Waals surface area contributed by atoms with Gasteiger partial charge in [-0.2, -0.15) is 0 Å². The molecule has 0 radical (unpaired) electrons.